The summed E-state index contributed by atoms with van der Waals surface area (Å²) in [4.78, 5) is 37.9. The van der Waals surface area contributed by atoms with Crippen LogP contribution in [0.15, 0.2) is 97.1 Å². The molecule has 5 heteroatoms. The minimum atomic E-state index is -0.225. The van der Waals surface area contributed by atoms with Gasteiger partial charge in [-0.2, -0.15) is 0 Å². The quantitative estimate of drug-likeness (QED) is 0.436. The third-order valence-corrected chi connectivity index (χ3v) is 5.08. The molecule has 156 valence electrons. The predicted molar refractivity (Wildman–Crippen MR) is 119 cm³/mol. The minimum Gasteiger partial charge on any atom is -0.508 e. The molecule has 4 rings (SSSR count). The summed E-state index contributed by atoms with van der Waals surface area (Å²) >= 11 is 0. The Balaban J connectivity index is 1.49. The highest BCUT2D eigenvalue weighted by Gasteiger charge is 2.14. The molecule has 0 atom stereocenters. The van der Waals surface area contributed by atoms with E-state index in [9.17, 15) is 24.6 Å². The fourth-order valence-corrected chi connectivity index (χ4v) is 3.27. The number of phenolic OH excluding ortho intramolecular Hbond substituents is 2. The molecule has 0 amide bonds. The Labute approximate surface area is 184 Å². The summed E-state index contributed by atoms with van der Waals surface area (Å²) in [5.41, 5.74) is 2.59. The van der Waals surface area contributed by atoms with E-state index in [4.69, 9.17) is 0 Å². The molecule has 4 aromatic rings. The number of hydrogen-bond acceptors (Lipinski definition) is 5. The molecule has 0 fully saturated rings. The summed E-state index contributed by atoms with van der Waals surface area (Å²) < 4.78 is 0. The van der Waals surface area contributed by atoms with Crippen molar-refractivity contribution >= 4 is 17.3 Å². The van der Waals surface area contributed by atoms with Crippen LogP contribution < -0.4 is 0 Å². The van der Waals surface area contributed by atoms with Crippen molar-refractivity contribution in [1.82, 2.24) is 0 Å². The van der Waals surface area contributed by atoms with Crippen LogP contribution in [0.1, 0.15) is 47.8 Å². The Morgan fingerprint density at radius 1 is 0.344 bits per heavy atom. The lowest BCUT2D eigenvalue weighted by molar-refractivity contribution is 0.102. The molecule has 0 aliphatic carbocycles. The van der Waals surface area contributed by atoms with Crippen LogP contribution in [0.5, 0.6) is 11.5 Å². The highest BCUT2D eigenvalue weighted by molar-refractivity contribution is 6.13. The van der Waals surface area contributed by atoms with Crippen LogP contribution in [0.4, 0.5) is 0 Å². The van der Waals surface area contributed by atoms with Crippen LogP contribution >= 0.6 is 0 Å². The molecule has 0 saturated heterocycles. The summed E-state index contributed by atoms with van der Waals surface area (Å²) in [6.45, 7) is 0. The van der Waals surface area contributed by atoms with Gasteiger partial charge in [0, 0.05) is 33.4 Å². The summed E-state index contributed by atoms with van der Waals surface area (Å²) in [6.07, 6.45) is 0. The van der Waals surface area contributed by atoms with Gasteiger partial charge in [-0.05, 0) is 48.5 Å². The minimum absolute atomic E-state index is 0.0817. The first kappa shape index (κ1) is 20.8. The van der Waals surface area contributed by atoms with E-state index in [0.717, 1.165) is 0 Å². The Bertz CT molecular complexity index is 1180. The van der Waals surface area contributed by atoms with Crippen molar-refractivity contribution in [2.24, 2.45) is 0 Å². The molecule has 2 N–H and O–H groups in total. The van der Waals surface area contributed by atoms with Crippen molar-refractivity contribution in [3.63, 3.8) is 0 Å². The molecule has 4 aromatic carbocycles. The summed E-state index contributed by atoms with van der Waals surface area (Å²) in [5, 5.41) is 18.7. The molecule has 0 heterocycles. The smallest absolute Gasteiger partial charge is 0.193 e. The van der Waals surface area contributed by atoms with E-state index >= 15 is 0 Å². The highest BCUT2D eigenvalue weighted by Crippen LogP contribution is 2.18. The van der Waals surface area contributed by atoms with Crippen LogP contribution in [0.3, 0.4) is 0 Å². The predicted octanol–water partition coefficient (Wildman–Crippen LogP) is 4.79. The van der Waals surface area contributed by atoms with E-state index in [1.807, 2.05) is 0 Å². The first-order valence-corrected chi connectivity index (χ1v) is 9.85. The Morgan fingerprint density at radius 2 is 0.500 bits per heavy atom. The van der Waals surface area contributed by atoms with Crippen LogP contribution in [0.2, 0.25) is 0 Å². The second-order valence-corrected chi connectivity index (χ2v) is 7.24. The average Bonchev–Trinajstić information content (AvgIpc) is 2.84. The second-order valence-electron chi connectivity index (χ2n) is 7.24. The van der Waals surface area contributed by atoms with Crippen LogP contribution in [-0.2, 0) is 0 Å². The van der Waals surface area contributed by atoms with E-state index < -0.39 is 0 Å². The summed E-state index contributed by atoms with van der Waals surface area (Å²) in [6, 6.07) is 24.6. The monoisotopic (exact) mass is 422 g/mol. The Hall–Kier alpha value is -4.51. The number of rotatable bonds is 6. The molecule has 0 spiro atoms. The summed E-state index contributed by atoms with van der Waals surface area (Å²) in [5.74, 6) is -0.476. The van der Waals surface area contributed by atoms with Gasteiger partial charge in [-0.1, -0.05) is 48.5 Å². The SMILES string of the molecule is O=C(c1ccc(O)cc1)c1ccc(C(=O)c2ccc(C(=O)c3ccc(O)cc3)cc2)cc1. The molecule has 0 radical (unpaired) electrons. The first-order chi connectivity index (χ1) is 15.4. The average molecular weight is 422 g/mol. The molecular weight excluding hydrogens is 404 g/mol. The fraction of sp³-hybridized carbons (Fsp3) is 0. The zero-order chi connectivity index (χ0) is 22.7. The van der Waals surface area contributed by atoms with Gasteiger partial charge in [0.25, 0.3) is 0 Å². The number of phenols is 2. The van der Waals surface area contributed by atoms with Crippen molar-refractivity contribution in [2.45, 2.75) is 0 Å². The third-order valence-electron chi connectivity index (χ3n) is 5.08. The molecule has 0 bridgehead atoms. The van der Waals surface area contributed by atoms with Crippen LogP contribution in [0, 0.1) is 0 Å². The van der Waals surface area contributed by atoms with Gasteiger partial charge >= 0.3 is 0 Å². The van der Waals surface area contributed by atoms with Gasteiger partial charge in [0.15, 0.2) is 17.3 Å². The van der Waals surface area contributed by atoms with Crippen molar-refractivity contribution in [2.75, 3.05) is 0 Å². The van der Waals surface area contributed by atoms with Crippen LogP contribution in [-0.4, -0.2) is 27.6 Å². The Kier molecular flexibility index (Phi) is 5.64. The first-order valence-electron chi connectivity index (χ1n) is 9.85. The van der Waals surface area contributed by atoms with Gasteiger partial charge in [0.2, 0.25) is 0 Å². The molecule has 5 nitrogen and oxygen atoms in total. The topological polar surface area (TPSA) is 91.7 Å². The number of hydrogen-bond donors (Lipinski definition) is 2. The molecule has 0 aromatic heterocycles. The maximum atomic E-state index is 12.8. The Morgan fingerprint density at radius 3 is 0.688 bits per heavy atom. The van der Waals surface area contributed by atoms with Crippen LogP contribution in [0.25, 0.3) is 0 Å². The summed E-state index contributed by atoms with van der Waals surface area (Å²) in [7, 11) is 0. The van der Waals surface area contributed by atoms with Gasteiger partial charge in [0.1, 0.15) is 11.5 Å². The van der Waals surface area contributed by atoms with Crippen molar-refractivity contribution in [3.05, 3.63) is 130 Å². The molecule has 0 aliphatic rings. The maximum Gasteiger partial charge on any atom is 0.193 e. The number of benzene rings is 4. The molecule has 0 unspecified atom stereocenters. The largest absolute Gasteiger partial charge is 0.508 e. The molecule has 0 saturated carbocycles. The molecule has 32 heavy (non-hydrogen) atoms. The maximum absolute atomic E-state index is 12.8. The number of carbonyl (C=O) groups excluding carboxylic acids is 3. The van der Waals surface area contributed by atoms with Gasteiger partial charge in [0.05, 0.1) is 0 Å². The van der Waals surface area contributed by atoms with E-state index in [-0.39, 0.29) is 28.8 Å². The van der Waals surface area contributed by atoms with E-state index in [1.165, 1.54) is 48.5 Å². The number of aromatic hydroxyl groups is 2. The normalized spacial score (nSPS) is 10.5. The van der Waals surface area contributed by atoms with Crippen molar-refractivity contribution in [1.29, 1.82) is 0 Å². The number of ketones is 3. The van der Waals surface area contributed by atoms with E-state index in [1.54, 1.807) is 48.5 Å². The fourth-order valence-electron chi connectivity index (χ4n) is 3.27. The zero-order valence-electron chi connectivity index (χ0n) is 16.9. The standard InChI is InChI=1S/C27H18O5/c28-23-13-9-21(10-14-23)26(31)19-5-1-17(2-6-19)25(30)18-3-7-20(8-4-18)27(32)22-11-15-24(29)16-12-22/h1-16,28-29H. The molecular formula is C27H18O5. The third kappa shape index (κ3) is 4.32. The number of carbonyl (C=O) groups is 3. The van der Waals surface area contributed by atoms with Gasteiger partial charge in [-0.3, -0.25) is 14.4 Å². The van der Waals surface area contributed by atoms with E-state index in [0.29, 0.717) is 33.4 Å². The zero-order valence-corrected chi connectivity index (χ0v) is 16.9. The van der Waals surface area contributed by atoms with Gasteiger partial charge in [-0.15, -0.1) is 0 Å². The van der Waals surface area contributed by atoms with Gasteiger partial charge < -0.3 is 10.2 Å². The lowest BCUT2D eigenvalue weighted by Crippen LogP contribution is -2.05. The second kappa shape index (κ2) is 8.70. The lowest BCUT2D eigenvalue weighted by atomic mass is 9.97. The van der Waals surface area contributed by atoms with Gasteiger partial charge in [-0.25, -0.2) is 0 Å². The highest BCUT2D eigenvalue weighted by atomic mass is 16.3. The lowest BCUT2D eigenvalue weighted by Gasteiger charge is -2.06. The van der Waals surface area contributed by atoms with Crippen molar-refractivity contribution in [3.8, 4) is 11.5 Å². The molecule has 0 aliphatic heterocycles. The van der Waals surface area contributed by atoms with Crippen molar-refractivity contribution < 1.29 is 24.6 Å². The van der Waals surface area contributed by atoms with E-state index in [2.05, 4.69) is 0 Å².